The van der Waals surface area contributed by atoms with E-state index in [0.29, 0.717) is 5.54 Å². The summed E-state index contributed by atoms with van der Waals surface area (Å²) in [5, 5.41) is 3.57. The fraction of sp³-hybridized carbons (Fsp3) is 1.00. The van der Waals surface area contributed by atoms with E-state index in [1.54, 1.807) is 0 Å². The maximum atomic E-state index is 3.57. The molecular weight excluding hydrogens is 194 g/mol. The first-order chi connectivity index (χ1) is 7.58. The molecule has 0 saturated heterocycles. The Labute approximate surface area is 102 Å². The Morgan fingerprint density at radius 2 is 1.56 bits per heavy atom. The summed E-state index contributed by atoms with van der Waals surface area (Å²) in [5.41, 5.74) is 0.294. The van der Waals surface area contributed by atoms with Gasteiger partial charge in [0, 0.05) is 5.54 Å². The molecule has 1 heteroatoms. The highest BCUT2D eigenvalue weighted by atomic mass is 14.9. The van der Waals surface area contributed by atoms with Crippen molar-refractivity contribution < 1.29 is 0 Å². The first-order valence-electron chi connectivity index (χ1n) is 7.33. The molecule has 1 fully saturated rings. The van der Waals surface area contributed by atoms with E-state index in [0.717, 1.165) is 5.92 Å². The standard InChI is InChI=1S/C15H31N/c1-15(2,3)16-13-9-8-12-14-10-6-4-5-7-11-14/h14,16H,4-13H2,1-3H3. The van der Waals surface area contributed by atoms with Crippen LogP contribution in [0.5, 0.6) is 0 Å². The predicted octanol–water partition coefficient (Wildman–Crippen LogP) is 4.52. The molecule has 0 amide bonds. The van der Waals surface area contributed by atoms with Crippen LogP contribution in [0.2, 0.25) is 0 Å². The van der Waals surface area contributed by atoms with Crippen molar-refractivity contribution >= 4 is 0 Å². The molecule has 1 nitrogen and oxygen atoms in total. The topological polar surface area (TPSA) is 12.0 Å². The van der Waals surface area contributed by atoms with Crippen LogP contribution in [0.25, 0.3) is 0 Å². The molecule has 1 rings (SSSR count). The van der Waals surface area contributed by atoms with Gasteiger partial charge >= 0.3 is 0 Å². The van der Waals surface area contributed by atoms with E-state index in [4.69, 9.17) is 0 Å². The molecule has 1 aliphatic rings. The number of unbranched alkanes of at least 4 members (excludes halogenated alkanes) is 1. The van der Waals surface area contributed by atoms with Crippen LogP contribution >= 0.6 is 0 Å². The number of hydrogen-bond acceptors (Lipinski definition) is 1. The number of hydrogen-bond donors (Lipinski definition) is 1. The van der Waals surface area contributed by atoms with Crippen molar-refractivity contribution in [2.24, 2.45) is 5.92 Å². The van der Waals surface area contributed by atoms with Gasteiger partial charge in [-0.1, -0.05) is 51.4 Å². The average Bonchev–Trinajstić information content (AvgIpc) is 2.44. The minimum absolute atomic E-state index is 0.294. The second kappa shape index (κ2) is 7.32. The Kier molecular flexibility index (Phi) is 6.41. The first-order valence-corrected chi connectivity index (χ1v) is 7.33. The molecule has 0 spiro atoms. The first kappa shape index (κ1) is 14.0. The molecule has 0 atom stereocenters. The van der Waals surface area contributed by atoms with Crippen LogP contribution in [0.15, 0.2) is 0 Å². The molecule has 1 N–H and O–H groups in total. The quantitative estimate of drug-likeness (QED) is 0.536. The predicted molar refractivity (Wildman–Crippen MR) is 72.8 cm³/mol. The van der Waals surface area contributed by atoms with Gasteiger partial charge in [-0.2, -0.15) is 0 Å². The van der Waals surface area contributed by atoms with Crippen LogP contribution < -0.4 is 5.32 Å². The highest BCUT2D eigenvalue weighted by Gasteiger charge is 2.12. The van der Waals surface area contributed by atoms with Crippen molar-refractivity contribution in [2.45, 2.75) is 84.1 Å². The van der Waals surface area contributed by atoms with E-state index in [2.05, 4.69) is 26.1 Å². The average molecular weight is 225 g/mol. The Balaban J connectivity index is 1.97. The molecule has 0 aromatic carbocycles. The van der Waals surface area contributed by atoms with E-state index in [1.807, 2.05) is 0 Å². The molecular formula is C15H31N. The minimum Gasteiger partial charge on any atom is -0.312 e. The fourth-order valence-corrected chi connectivity index (χ4v) is 2.67. The van der Waals surface area contributed by atoms with Gasteiger partial charge in [-0.25, -0.2) is 0 Å². The van der Waals surface area contributed by atoms with E-state index >= 15 is 0 Å². The van der Waals surface area contributed by atoms with Crippen LogP contribution in [0.4, 0.5) is 0 Å². The Morgan fingerprint density at radius 1 is 0.938 bits per heavy atom. The van der Waals surface area contributed by atoms with Gasteiger partial charge in [-0.05, 0) is 39.7 Å². The zero-order valence-electron chi connectivity index (χ0n) is 11.6. The van der Waals surface area contributed by atoms with Gasteiger partial charge in [0.15, 0.2) is 0 Å². The molecule has 0 heterocycles. The molecule has 0 bridgehead atoms. The Bertz CT molecular complexity index is 161. The summed E-state index contributed by atoms with van der Waals surface area (Å²) in [6, 6.07) is 0. The highest BCUT2D eigenvalue weighted by Crippen LogP contribution is 2.26. The number of nitrogens with one attached hydrogen (secondary N) is 1. The van der Waals surface area contributed by atoms with Gasteiger partial charge < -0.3 is 5.32 Å². The van der Waals surface area contributed by atoms with Crippen LogP contribution in [0.1, 0.15) is 78.6 Å². The molecule has 1 saturated carbocycles. The minimum atomic E-state index is 0.294. The summed E-state index contributed by atoms with van der Waals surface area (Å²) < 4.78 is 0. The lowest BCUT2D eigenvalue weighted by Crippen LogP contribution is -2.36. The maximum absolute atomic E-state index is 3.57. The fourth-order valence-electron chi connectivity index (χ4n) is 2.67. The second-order valence-electron chi connectivity index (χ2n) is 6.53. The van der Waals surface area contributed by atoms with Crippen molar-refractivity contribution in [3.05, 3.63) is 0 Å². The zero-order chi connectivity index (χ0) is 11.9. The maximum Gasteiger partial charge on any atom is 0.00965 e. The van der Waals surface area contributed by atoms with Gasteiger partial charge in [-0.15, -0.1) is 0 Å². The Morgan fingerprint density at radius 3 is 2.12 bits per heavy atom. The lowest BCUT2D eigenvalue weighted by Gasteiger charge is -2.21. The van der Waals surface area contributed by atoms with Gasteiger partial charge in [0.2, 0.25) is 0 Å². The second-order valence-corrected chi connectivity index (χ2v) is 6.53. The summed E-state index contributed by atoms with van der Waals surface area (Å²) in [7, 11) is 0. The molecule has 0 aromatic rings. The molecule has 1 aliphatic carbocycles. The van der Waals surface area contributed by atoms with Crippen molar-refractivity contribution in [1.82, 2.24) is 5.32 Å². The molecule has 0 unspecified atom stereocenters. The van der Waals surface area contributed by atoms with Gasteiger partial charge in [-0.3, -0.25) is 0 Å². The monoisotopic (exact) mass is 225 g/mol. The smallest absolute Gasteiger partial charge is 0.00965 e. The lowest BCUT2D eigenvalue weighted by molar-refractivity contribution is 0.384. The SMILES string of the molecule is CC(C)(C)NCCCCC1CCCCCC1. The summed E-state index contributed by atoms with van der Waals surface area (Å²) in [6.45, 7) is 7.94. The van der Waals surface area contributed by atoms with E-state index < -0.39 is 0 Å². The number of rotatable bonds is 5. The third-order valence-electron chi connectivity index (χ3n) is 3.67. The highest BCUT2D eigenvalue weighted by molar-refractivity contribution is 4.70. The molecule has 0 aromatic heterocycles. The summed E-state index contributed by atoms with van der Waals surface area (Å²) in [4.78, 5) is 0. The van der Waals surface area contributed by atoms with Crippen LogP contribution in [0.3, 0.4) is 0 Å². The van der Waals surface area contributed by atoms with Crippen LogP contribution in [0, 0.1) is 5.92 Å². The summed E-state index contributed by atoms with van der Waals surface area (Å²) in [6.07, 6.45) is 13.2. The summed E-state index contributed by atoms with van der Waals surface area (Å²) >= 11 is 0. The molecule has 16 heavy (non-hydrogen) atoms. The lowest BCUT2D eigenvalue weighted by atomic mass is 9.94. The van der Waals surface area contributed by atoms with Crippen LogP contribution in [-0.2, 0) is 0 Å². The van der Waals surface area contributed by atoms with Crippen molar-refractivity contribution in [2.75, 3.05) is 6.54 Å². The Hall–Kier alpha value is -0.0400. The molecule has 96 valence electrons. The van der Waals surface area contributed by atoms with Gasteiger partial charge in [0.1, 0.15) is 0 Å². The van der Waals surface area contributed by atoms with Crippen molar-refractivity contribution in [3.8, 4) is 0 Å². The van der Waals surface area contributed by atoms with Crippen molar-refractivity contribution in [1.29, 1.82) is 0 Å². The largest absolute Gasteiger partial charge is 0.312 e. The molecule has 0 aliphatic heterocycles. The van der Waals surface area contributed by atoms with E-state index in [9.17, 15) is 0 Å². The zero-order valence-corrected chi connectivity index (χ0v) is 11.6. The summed E-state index contributed by atoms with van der Waals surface area (Å²) in [5.74, 6) is 1.05. The normalized spacial score (nSPS) is 19.7. The van der Waals surface area contributed by atoms with Crippen molar-refractivity contribution in [3.63, 3.8) is 0 Å². The van der Waals surface area contributed by atoms with Gasteiger partial charge in [0.05, 0.1) is 0 Å². The third-order valence-corrected chi connectivity index (χ3v) is 3.67. The van der Waals surface area contributed by atoms with E-state index in [-0.39, 0.29) is 0 Å². The molecule has 0 radical (unpaired) electrons. The third kappa shape index (κ3) is 7.27. The van der Waals surface area contributed by atoms with Gasteiger partial charge in [0.25, 0.3) is 0 Å². The van der Waals surface area contributed by atoms with E-state index in [1.165, 1.54) is 64.3 Å². The van der Waals surface area contributed by atoms with Crippen LogP contribution in [-0.4, -0.2) is 12.1 Å².